The molecule has 6 nitrogen and oxygen atoms in total. The molecule has 1 aromatic rings. The predicted molar refractivity (Wildman–Crippen MR) is 84.6 cm³/mol. The van der Waals surface area contributed by atoms with Crippen molar-refractivity contribution in [1.82, 2.24) is 5.32 Å². The van der Waals surface area contributed by atoms with E-state index in [2.05, 4.69) is 5.32 Å². The summed E-state index contributed by atoms with van der Waals surface area (Å²) in [4.78, 5) is 22.5. The first-order valence-electron chi connectivity index (χ1n) is 7.49. The molecular weight excluding hydrogens is 284 g/mol. The van der Waals surface area contributed by atoms with Gasteiger partial charge in [0.2, 0.25) is 5.91 Å². The highest BCUT2D eigenvalue weighted by Crippen LogP contribution is 2.25. The molecular formula is C16H24N2O4. The van der Waals surface area contributed by atoms with E-state index >= 15 is 0 Å². The number of nitrogens with one attached hydrogen (secondary N) is 1. The molecule has 0 atom stereocenters. The first kappa shape index (κ1) is 18.1. The third kappa shape index (κ3) is 4.27. The quantitative estimate of drug-likeness (QED) is 0.569. The van der Waals surface area contributed by atoms with Crippen molar-refractivity contribution >= 4 is 11.6 Å². The van der Waals surface area contributed by atoms with Crippen molar-refractivity contribution < 1.29 is 14.8 Å². The van der Waals surface area contributed by atoms with Crippen LogP contribution >= 0.6 is 0 Å². The summed E-state index contributed by atoms with van der Waals surface area (Å²) in [5, 5.41) is 23.2. The summed E-state index contributed by atoms with van der Waals surface area (Å²) in [6.07, 6.45) is 1.65. The first-order valence-corrected chi connectivity index (χ1v) is 7.49. The van der Waals surface area contributed by atoms with Gasteiger partial charge in [-0.3, -0.25) is 14.9 Å². The molecule has 0 saturated heterocycles. The van der Waals surface area contributed by atoms with Gasteiger partial charge in [0.25, 0.3) is 5.69 Å². The van der Waals surface area contributed by atoms with E-state index in [1.165, 1.54) is 6.07 Å². The third-order valence-electron chi connectivity index (χ3n) is 4.46. The average molecular weight is 308 g/mol. The van der Waals surface area contributed by atoms with Crippen LogP contribution in [0.2, 0.25) is 0 Å². The molecule has 1 rings (SSSR count). The van der Waals surface area contributed by atoms with E-state index in [4.69, 9.17) is 0 Å². The summed E-state index contributed by atoms with van der Waals surface area (Å²) in [6.45, 7) is 6.05. The molecule has 122 valence electrons. The van der Waals surface area contributed by atoms with Gasteiger partial charge in [0.05, 0.1) is 18.0 Å². The number of amides is 1. The molecule has 0 heterocycles. The number of hydrogen-bond acceptors (Lipinski definition) is 4. The van der Waals surface area contributed by atoms with Gasteiger partial charge in [-0.15, -0.1) is 0 Å². The van der Waals surface area contributed by atoms with Crippen LogP contribution in [-0.2, 0) is 11.2 Å². The van der Waals surface area contributed by atoms with E-state index in [1.54, 1.807) is 19.1 Å². The standard InChI is InChI=1S/C16H24N2O4/c1-4-16(5-2,11-19)10-17-15(20)9-13-7-6-8-14(12(13)3)18(21)22/h6-8,19H,4-5,9-11H2,1-3H3,(H,17,20). The highest BCUT2D eigenvalue weighted by atomic mass is 16.6. The maximum atomic E-state index is 12.1. The monoisotopic (exact) mass is 308 g/mol. The minimum atomic E-state index is -0.443. The van der Waals surface area contributed by atoms with Crippen molar-refractivity contribution in [3.8, 4) is 0 Å². The van der Waals surface area contributed by atoms with Crippen molar-refractivity contribution in [3.63, 3.8) is 0 Å². The Kier molecular flexibility index (Phi) is 6.49. The molecule has 22 heavy (non-hydrogen) atoms. The fourth-order valence-electron chi connectivity index (χ4n) is 2.36. The summed E-state index contributed by atoms with van der Waals surface area (Å²) in [5.41, 5.74) is 0.890. The Hall–Kier alpha value is -1.95. The summed E-state index contributed by atoms with van der Waals surface area (Å²) in [5.74, 6) is -0.191. The maximum Gasteiger partial charge on any atom is 0.272 e. The van der Waals surface area contributed by atoms with Crippen LogP contribution in [0.3, 0.4) is 0 Å². The van der Waals surface area contributed by atoms with E-state index < -0.39 is 4.92 Å². The number of nitro benzene ring substituents is 1. The summed E-state index contributed by atoms with van der Waals surface area (Å²) >= 11 is 0. The Morgan fingerprint density at radius 2 is 2.00 bits per heavy atom. The highest BCUT2D eigenvalue weighted by Gasteiger charge is 2.26. The van der Waals surface area contributed by atoms with Crippen LogP contribution in [0.5, 0.6) is 0 Å². The lowest BCUT2D eigenvalue weighted by Crippen LogP contribution is -2.40. The van der Waals surface area contributed by atoms with Gasteiger partial charge in [-0.1, -0.05) is 26.0 Å². The van der Waals surface area contributed by atoms with Gasteiger partial charge in [0, 0.05) is 23.6 Å². The van der Waals surface area contributed by atoms with Crippen molar-refractivity contribution in [3.05, 3.63) is 39.4 Å². The van der Waals surface area contributed by atoms with Gasteiger partial charge in [-0.2, -0.15) is 0 Å². The van der Waals surface area contributed by atoms with Crippen LogP contribution in [0.4, 0.5) is 5.69 Å². The Morgan fingerprint density at radius 1 is 1.36 bits per heavy atom. The average Bonchev–Trinajstić information content (AvgIpc) is 2.51. The number of aliphatic hydroxyl groups is 1. The molecule has 1 amide bonds. The van der Waals surface area contributed by atoms with E-state index in [-0.39, 0.29) is 30.0 Å². The normalized spacial score (nSPS) is 11.3. The van der Waals surface area contributed by atoms with Gasteiger partial charge in [-0.25, -0.2) is 0 Å². The predicted octanol–water partition coefficient (Wildman–Crippen LogP) is 2.36. The minimum absolute atomic E-state index is 0.0239. The zero-order chi connectivity index (χ0) is 16.8. The molecule has 0 bridgehead atoms. The zero-order valence-corrected chi connectivity index (χ0v) is 13.4. The van der Waals surface area contributed by atoms with E-state index in [9.17, 15) is 20.0 Å². The van der Waals surface area contributed by atoms with Gasteiger partial charge >= 0.3 is 0 Å². The number of hydrogen-bond donors (Lipinski definition) is 2. The van der Waals surface area contributed by atoms with Crippen molar-refractivity contribution in [1.29, 1.82) is 0 Å². The summed E-state index contributed by atoms with van der Waals surface area (Å²) in [7, 11) is 0. The molecule has 0 aliphatic heterocycles. The number of carbonyl (C=O) groups excluding carboxylic acids is 1. The fraction of sp³-hybridized carbons (Fsp3) is 0.562. The fourth-order valence-corrected chi connectivity index (χ4v) is 2.36. The molecule has 0 spiro atoms. The van der Waals surface area contributed by atoms with Crippen molar-refractivity contribution in [2.24, 2.45) is 5.41 Å². The maximum absolute atomic E-state index is 12.1. The third-order valence-corrected chi connectivity index (χ3v) is 4.46. The van der Waals surface area contributed by atoms with Gasteiger partial charge in [-0.05, 0) is 25.3 Å². The SMILES string of the molecule is CCC(CC)(CO)CNC(=O)Cc1cccc([N+](=O)[O-])c1C. The van der Waals surface area contributed by atoms with Gasteiger partial charge in [0.15, 0.2) is 0 Å². The molecule has 2 N–H and O–H groups in total. The van der Waals surface area contributed by atoms with Gasteiger partial charge < -0.3 is 10.4 Å². The number of rotatable bonds is 8. The van der Waals surface area contributed by atoms with E-state index in [1.807, 2.05) is 13.8 Å². The molecule has 6 heteroatoms. The molecule has 0 aliphatic rings. The number of nitrogens with zero attached hydrogens (tertiary/aromatic N) is 1. The zero-order valence-electron chi connectivity index (χ0n) is 13.4. The second kappa shape index (κ2) is 7.89. The second-order valence-corrected chi connectivity index (χ2v) is 5.64. The van der Waals surface area contributed by atoms with Crippen LogP contribution in [0.25, 0.3) is 0 Å². The molecule has 0 aromatic heterocycles. The summed E-state index contributed by atoms with van der Waals surface area (Å²) in [6, 6.07) is 4.74. The Labute approximate surface area is 130 Å². The highest BCUT2D eigenvalue weighted by molar-refractivity contribution is 5.79. The van der Waals surface area contributed by atoms with E-state index in [0.717, 1.165) is 12.8 Å². The molecule has 0 fully saturated rings. The van der Waals surface area contributed by atoms with Crippen molar-refractivity contribution in [2.75, 3.05) is 13.2 Å². The largest absolute Gasteiger partial charge is 0.396 e. The van der Waals surface area contributed by atoms with Crippen LogP contribution in [0.15, 0.2) is 18.2 Å². The molecule has 0 aliphatic carbocycles. The Bertz CT molecular complexity index is 531. The number of nitro groups is 1. The van der Waals surface area contributed by atoms with Crippen LogP contribution in [0, 0.1) is 22.5 Å². The summed E-state index contributed by atoms with van der Waals surface area (Å²) < 4.78 is 0. The second-order valence-electron chi connectivity index (χ2n) is 5.64. The lowest BCUT2D eigenvalue weighted by Gasteiger charge is -2.29. The number of benzene rings is 1. The molecule has 0 saturated carbocycles. The van der Waals surface area contributed by atoms with E-state index in [0.29, 0.717) is 17.7 Å². The topological polar surface area (TPSA) is 92.5 Å². The van der Waals surface area contributed by atoms with Crippen molar-refractivity contribution in [2.45, 2.75) is 40.0 Å². The van der Waals surface area contributed by atoms with Crippen LogP contribution in [-0.4, -0.2) is 29.1 Å². The molecule has 1 aromatic carbocycles. The number of aliphatic hydroxyl groups excluding tert-OH is 1. The van der Waals surface area contributed by atoms with Crippen LogP contribution in [0.1, 0.15) is 37.8 Å². The number of carbonyl (C=O) groups is 1. The minimum Gasteiger partial charge on any atom is -0.396 e. The Morgan fingerprint density at radius 3 is 2.50 bits per heavy atom. The molecule has 0 radical (unpaired) electrons. The smallest absolute Gasteiger partial charge is 0.272 e. The first-order chi connectivity index (χ1) is 10.4. The Balaban J connectivity index is 2.74. The van der Waals surface area contributed by atoms with Crippen LogP contribution < -0.4 is 5.32 Å². The molecule has 0 unspecified atom stereocenters. The lowest BCUT2D eigenvalue weighted by molar-refractivity contribution is -0.385. The lowest BCUT2D eigenvalue weighted by atomic mass is 9.83. The van der Waals surface area contributed by atoms with Gasteiger partial charge in [0.1, 0.15) is 0 Å².